The predicted molar refractivity (Wildman–Crippen MR) is 71.4 cm³/mol. The minimum atomic E-state index is 0.842. The second-order valence-electron chi connectivity index (χ2n) is 5.46. The molecule has 2 atom stereocenters. The van der Waals surface area contributed by atoms with Crippen molar-refractivity contribution in [3.05, 3.63) is 24.3 Å². The normalized spacial score (nSPS) is 32.5. The second-order valence-corrected chi connectivity index (χ2v) is 5.46. The van der Waals surface area contributed by atoms with Crippen LogP contribution < -0.4 is 0 Å². The monoisotopic (exact) mass is 218 g/mol. The first-order valence-corrected chi connectivity index (χ1v) is 7.30. The van der Waals surface area contributed by atoms with Crippen molar-refractivity contribution < 1.29 is 0 Å². The van der Waals surface area contributed by atoms with Crippen LogP contribution in [0.1, 0.15) is 64.2 Å². The van der Waals surface area contributed by atoms with Crippen molar-refractivity contribution in [3.8, 4) is 0 Å². The molecular formula is C16H26. The van der Waals surface area contributed by atoms with E-state index in [0.29, 0.717) is 0 Å². The summed E-state index contributed by atoms with van der Waals surface area (Å²) in [7, 11) is 0. The fourth-order valence-corrected chi connectivity index (χ4v) is 3.09. The van der Waals surface area contributed by atoms with Crippen LogP contribution >= 0.6 is 0 Å². The molecule has 0 fully saturated rings. The van der Waals surface area contributed by atoms with Gasteiger partial charge in [-0.1, -0.05) is 50.0 Å². The van der Waals surface area contributed by atoms with Gasteiger partial charge in [0.1, 0.15) is 0 Å². The van der Waals surface area contributed by atoms with Crippen LogP contribution in [0.25, 0.3) is 0 Å². The van der Waals surface area contributed by atoms with Crippen molar-refractivity contribution in [1.82, 2.24) is 0 Å². The maximum absolute atomic E-state index is 2.52. The predicted octanol–water partition coefficient (Wildman–Crippen LogP) is 5.26. The highest BCUT2D eigenvalue weighted by Crippen LogP contribution is 2.30. The van der Waals surface area contributed by atoms with Crippen LogP contribution in [0.2, 0.25) is 0 Å². The van der Waals surface area contributed by atoms with Crippen LogP contribution in [0.5, 0.6) is 0 Å². The first-order chi connectivity index (χ1) is 7.97. The fourth-order valence-electron chi connectivity index (χ4n) is 3.09. The van der Waals surface area contributed by atoms with Gasteiger partial charge in [0.2, 0.25) is 0 Å². The molecule has 0 nitrogen and oxygen atoms in total. The molecule has 0 heterocycles. The lowest BCUT2D eigenvalue weighted by atomic mass is 9.81. The van der Waals surface area contributed by atoms with E-state index in [-0.39, 0.29) is 0 Å². The summed E-state index contributed by atoms with van der Waals surface area (Å²) in [6.45, 7) is 0. The van der Waals surface area contributed by atoms with Gasteiger partial charge in [-0.15, -0.1) is 0 Å². The second kappa shape index (κ2) is 6.93. The molecule has 0 aromatic rings. The highest BCUT2D eigenvalue weighted by atomic mass is 14.2. The van der Waals surface area contributed by atoms with Gasteiger partial charge in [-0.25, -0.2) is 0 Å². The summed E-state index contributed by atoms with van der Waals surface area (Å²) in [6.07, 6.45) is 24.0. The Bertz CT molecular complexity index is 210. The van der Waals surface area contributed by atoms with Crippen LogP contribution in [0.3, 0.4) is 0 Å². The van der Waals surface area contributed by atoms with Crippen molar-refractivity contribution in [1.29, 1.82) is 0 Å². The molecule has 0 saturated carbocycles. The standard InChI is InChI=1S/C16H26/c1-3-7-11-15(12-8-4-1)16-13-9-5-2-6-10-14-16/h7,9,11,13,15-16H,1-6,8,10,12,14H2. The van der Waals surface area contributed by atoms with Gasteiger partial charge in [0.25, 0.3) is 0 Å². The molecule has 0 aliphatic heterocycles. The molecule has 0 spiro atoms. The summed E-state index contributed by atoms with van der Waals surface area (Å²) in [5.74, 6) is 1.68. The largest absolute Gasteiger partial charge is 0.0882 e. The van der Waals surface area contributed by atoms with Crippen molar-refractivity contribution >= 4 is 0 Å². The van der Waals surface area contributed by atoms with Gasteiger partial charge < -0.3 is 0 Å². The highest BCUT2D eigenvalue weighted by Gasteiger charge is 2.17. The highest BCUT2D eigenvalue weighted by molar-refractivity contribution is 5.01. The molecule has 2 aliphatic carbocycles. The van der Waals surface area contributed by atoms with Crippen molar-refractivity contribution in [3.63, 3.8) is 0 Å². The first-order valence-electron chi connectivity index (χ1n) is 7.30. The van der Waals surface area contributed by atoms with Crippen molar-refractivity contribution in [2.45, 2.75) is 64.2 Å². The summed E-state index contributed by atoms with van der Waals surface area (Å²) < 4.78 is 0. The zero-order chi connectivity index (χ0) is 11.1. The van der Waals surface area contributed by atoms with E-state index in [1.54, 1.807) is 0 Å². The lowest BCUT2D eigenvalue weighted by Gasteiger charge is -2.24. The minimum Gasteiger partial charge on any atom is -0.0882 e. The van der Waals surface area contributed by atoms with Crippen LogP contribution in [0.4, 0.5) is 0 Å². The third-order valence-electron chi connectivity index (χ3n) is 4.13. The summed E-state index contributed by atoms with van der Waals surface area (Å²) in [4.78, 5) is 0. The smallest absolute Gasteiger partial charge is 0.0171 e. The maximum Gasteiger partial charge on any atom is -0.0171 e. The summed E-state index contributed by atoms with van der Waals surface area (Å²) >= 11 is 0. The third-order valence-corrected chi connectivity index (χ3v) is 4.13. The van der Waals surface area contributed by atoms with E-state index < -0.39 is 0 Å². The van der Waals surface area contributed by atoms with E-state index in [1.165, 1.54) is 64.2 Å². The summed E-state index contributed by atoms with van der Waals surface area (Å²) in [6, 6.07) is 0. The van der Waals surface area contributed by atoms with E-state index >= 15 is 0 Å². The Hall–Kier alpha value is -0.520. The molecule has 0 amide bonds. The van der Waals surface area contributed by atoms with Gasteiger partial charge in [-0.3, -0.25) is 0 Å². The fraction of sp³-hybridized carbons (Fsp3) is 0.750. The Morgan fingerprint density at radius 2 is 1.06 bits per heavy atom. The van der Waals surface area contributed by atoms with Crippen molar-refractivity contribution in [2.75, 3.05) is 0 Å². The van der Waals surface area contributed by atoms with Gasteiger partial charge in [-0.05, 0) is 50.4 Å². The SMILES string of the molecule is C1=CC(C2C=CCCCCC2)CCCCC1. The van der Waals surface area contributed by atoms with Crippen LogP contribution in [0, 0.1) is 11.8 Å². The van der Waals surface area contributed by atoms with E-state index in [2.05, 4.69) is 24.3 Å². The molecule has 0 aromatic heterocycles. The molecule has 0 bridgehead atoms. The average Bonchev–Trinajstić information content (AvgIpc) is 2.18. The molecule has 0 N–H and O–H groups in total. The van der Waals surface area contributed by atoms with Crippen LogP contribution in [0.15, 0.2) is 24.3 Å². The molecule has 2 aliphatic rings. The summed E-state index contributed by atoms with van der Waals surface area (Å²) in [5.41, 5.74) is 0. The van der Waals surface area contributed by atoms with Gasteiger partial charge >= 0.3 is 0 Å². The van der Waals surface area contributed by atoms with E-state index in [0.717, 1.165) is 11.8 Å². The zero-order valence-corrected chi connectivity index (χ0v) is 10.5. The van der Waals surface area contributed by atoms with Gasteiger partial charge in [0.05, 0.1) is 0 Å². The Balaban J connectivity index is 1.96. The van der Waals surface area contributed by atoms with E-state index in [4.69, 9.17) is 0 Å². The number of allylic oxidation sites excluding steroid dienone is 4. The van der Waals surface area contributed by atoms with E-state index in [1.807, 2.05) is 0 Å². The number of rotatable bonds is 1. The quantitative estimate of drug-likeness (QED) is 0.527. The van der Waals surface area contributed by atoms with Gasteiger partial charge in [0.15, 0.2) is 0 Å². The topological polar surface area (TPSA) is 0 Å². The zero-order valence-electron chi connectivity index (χ0n) is 10.5. The molecule has 0 radical (unpaired) electrons. The molecule has 0 saturated heterocycles. The van der Waals surface area contributed by atoms with Crippen LogP contribution in [-0.4, -0.2) is 0 Å². The minimum absolute atomic E-state index is 0.842. The molecule has 2 unspecified atom stereocenters. The summed E-state index contributed by atoms with van der Waals surface area (Å²) in [5, 5.41) is 0. The Labute approximate surface area is 101 Å². The van der Waals surface area contributed by atoms with Gasteiger partial charge in [0, 0.05) is 0 Å². The van der Waals surface area contributed by atoms with Crippen molar-refractivity contribution in [2.24, 2.45) is 11.8 Å². The lowest BCUT2D eigenvalue weighted by Crippen LogP contribution is -2.12. The Morgan fingerprint density at radius 3 is 1.56 bits per heavy atom. The Morgan fingerprint density at radius 1 is 0.562 bits per heavy atom. The third kappa shape index (κ3) is 3.81. The molecule has 0 aromatic carbocycles. The van der Waals surface area contributed by atoms with Gasteiger partial charge in [-0.2, -0.15) is 0 Å². The molecule has 16 heavy (non-hydrogen) atoms. The molecule has 0 heteroatoms. The first kappa shape index (κ1) is 12.0. The number of hydrogen-bond donors (Lipinski definition) is 0. The van der Waals surface area contributed by atoms with Crippen LogP contribution in [-0.2, 0) is 0 Å². The number of hydrogen-bond acceptors (Lipinski definition) is 0. The molecular weight excluding hydrogens is 192 g/mol. The molecule has 2 rings (SSSR count). The van der Waals surface area contributed by atoms with E-state index in [9.17, 15) is 0 Å². The average molecular weight is 218 g/mol. The molecule has 90 valence electrons. The maximum atomic E-state index is 2.52. The Kier molecular flexibility index (Phi) is 5.18. The lowest BCUT2D eigenvalue weighted by molar-refractivity contribution is 0.379.